The van der Waals surface area contributed by atoms with Crippen LogP contribution in [0.25, 0.3) is 0 Å². The maximum absolute atomic E-state index is 5.36. The van der Waals surface area contributed by atoms with Crippen molar-refractivity contribution in [2.45, 2.75) is 6.42 Å². The fraction of sp³-hybridized carbons (Fsp3) is 0.250. The van der Waals surface area contributed by atoms with Gasteiger partial charge in [0.2, 0.25) is 5.95 Å². The van der Waals surface area contributed by atoms with Crippen LogP contribution in [0.3, 0.4) is 0 Å². The Bertz CT molecular complexity index is 920. The minimum atomic E-state index is 0.359. The van der Waals surface area contributed by atoms with Gasteiger partial charge in [0.15, 0.2) is 5.82 Å². The molecule has 1 aromatic heterocycles. The lowest BCUT2D eigenvalue weighted by Gasteiger charge is -2.12. The van der Waals surface area contributed by atoms with Gasteiger partial charge < -0.3 is 24.8 Å². The molecule has 0 saturated heterocycles. The van der Waals surface area contributed by atoms with E-state index >= 15 is 0 Å². The fourth-order valence-corrected chi connectivity index (χ4v) is 2.64. The molecule has 28 heavy (non-hydrogen) atoms. The van der Waals surface area contributed by atoms with Crippen molar-refractivity contribution in [3.63, 3.8) is 0 Å². The third-order valence-corrected chi connectivity index (χ3v) is 4.07. The highest BCUT2D eigenvalue weighted by atomic mass is 16.5. The van der Waals surface area contributed by atoms with Crippen LogP contribution in [0, 0.1) is 0 Å². The van der Waals surface area contributed by atoms with Crippen LogP contribution in [0.4, 0.5) is 17.5 Å². The number of ether oxygens (including phenoxy) is 3. The molecular weight excluding hydrogens is 358 g/mol. The molecule has 2 aromatic carbocycles. The van der Waals surface area contributed by atoms with Crippen LogP contribution in [0.5, 0.6) is 17.2 Å². The van der Waals surface area contributed by atoms with Crippen molar-refractivity contribution in [1.82, 2.24) is 15.2 Å². The number of hydrogen-bond acceptors (Lipinski definition) is 8. The summed E-state index contributed by atoms with van der Waals surface area (Å²) in [7, 11) is 4.87. The maximum Gasteiger partial charge on any atom is 0.249 e. The van der Waals surface area contributed by atoms with Crippen molar-refractivity contribution in [3.8, 4) is 17.2 Å². The molecule has 146 valence electrons. The first-order chi connectivity index (χ1) is 13.7. The van der Waals surface area contributed by atoms with Gasteiger partial charge in [0.05, 0.1) is 33.2 Å². The monoisotopic (exact) mass is 381 g/mol. The molecule has 2 N–H and O–H groups in total. The van der Waals surface area contributed by atoms with E-state index in [2.05, 4.69) is 31.9 Å². The number of aromatic nitrogens is 3. The van der Waals surface area contributed by atoms with E-state index in [1.807, 2.05) is 36.4 Å². The highest BCUT2D eigenvalue weighted by Crippen LogP contribution is 2.30. The highest BCUT2D eigenvalue weighted by molar-refractivity contribution is 5.65. The highest BCUT2D eigenvalue weighted by Gasteiger charge is 2.08. The Morgan fingerprint density at radius 3 is 2.54 bits per heavy atom. The average Bonchev–Trinajstić information content (AvgIpc) is 2.74. The van der Waals surface area contributed by atoms with Crippen LogP contribution >= 0.6 is 0 Å². The molecule has 0 atom stereocenters. The zero-order valence-corrected chi connectivity index (χ0v) is 16.1. The Morgan fingerprint density at radius 2 is 1.75 bits per heavy atom. The predicted molar refractivity (Wildman–Crippen MR) is 108 cm³/mol. The number of methoxy groups -OCH3 is 3. The van der Waals surface area contributed by atoms with Gasteiger partial charge in [0.1, 0.15) is 17.2 Å². The predicted octanol–water partition coefficient (Wildman–Crippen LogP) is 3.30. The largest absolute Gasteiger partial charge is 0.497 e. The third-order valence-electron chi connectivity index (χ3n) is 4.07. The molecule has 0 amide bonds. The molecule has 0 aliphatic heterocycles. The van der Waals surface area contributed by atoms with E-state index < -0.39 is 0 Å². The Labute approximate surface area is 163 Å². The molecule has 0 aliphatic rings. The molecule has 0 fully saturated rings. The van der Waals surface area contributed by atoms with Gasteiger partial charge in [0.25, 0.3) is 0 Å². The van der Waals surface area contributed by atoms with E-state index in [9.17, 15) is 0 Å². The molecule has 0 radical (unpaired) electrons. The number of benzene rings is 2. The van der Waals surface area contributed by atoms with Gasteiger partial charge in [-0.3, -0.25) is 0 Å². The molecule has 0 bridgehead atoms. The molecule has 1 heterocycles. The summed E-state index contributed by atoms with van der Waals surface area (Å²) < 4.78 is 15.9. The van der Waals surface area contributed by atoms with Gasteiger partial charge >= 0.3 is 0 Å². The zero-order chi connectivity index (χ0) is 19.8. The van der Waals surface area contributed by atoms with Crippen LogP contribution < -0.4 is 24.8 Å². The number of nitrogens with one attached hydrogen (secondary N) is 2. The van der Waals surface area contributed by atoms with E-state index in [1.165, 1.54) is 5.56 Å². The summed E-state index contributed by atoms with van der Waals surface area (Å²) in [5.74, 6) is 3.18. The van der Waals surface area contributed by atoms with E-state index in [4.69, 9.17) is 14.2 Å². The number of hydrogen-bond donors (Lipinski definition) is 2. The Hall–Kier alpha value is -3.55. The molecule has 8 nitrogen and oxygen atoms in total. The van der Waals surface area contributed by atoms with E-state index in [-0.39, 0.29) is 0 Å². The van der Waals surface area contributed by atoms with Crippen molar-refractivity contribution in [3.05, 3.63) is 54.2 Å². The summed E-state index contributed by atoms with van der Waals surface area (Å²) in [6.07, 6.45) is 2.41. The van der Waals surface area contributed by atoms with Crippen molar-refractivity contribution in [2.24, 2.45) is 0 Å². The Kier molecular flexibility index (Phi) is 6.46. The van der Waals surface area contributed by atoms with Crippen LogP contribution in [0.15, 0.2) is 48.7 Å². The van der Waals surface area contributed by atoms with Crippen LogP contribution in [0.1, 0.15) is 5.56 Å². The topological polar surface area (TPSA) is 90.4 Å². The Balaban J connectivity index is 1.64. The second-order valence-electron chi connectivity index (χ2n) is 5.88. The van der Waals surface area contributed by atoms with Crippen LogP contribution in [-0.4, -0.2) is 43.1 Å². The normalized spacial score (nSPS) is 10.2. The lowest BCUT2D eigenvalue weighted by atomic mass is 10.1. The second-order valence-corrected chi connectivity index (χ2v) is 5.88. The molecule has 0 spiro atoms. The van der Waals surface area contributed by atoms with Crippen molar-refractivity contribution < 1.29 is 14.2 Å². The van der Waals surface area contributed by atoms with Crippen molar-refractivity contribution in [1.29, 1.82) is 0 Å². The Morgan fingerprint density at radius 1 is 0.929 bits per heavy atom. The third kappa shape index (κ3) is 5.00. The van der Waals surface area contributed by atoms with Gasteiger partial charge in [0, 0.05) is 12.6 Å². The minimum Gasteiger partial charge on any atom is -0.497 e. The van der Waals surface area contributed by atoms with Gasteiger partial charge in [-0.2, -0.15) is 10.1 Å². The standard InChI is InChI=1S/C20H23N5O3/c1-26-15-6-4-5-14(11-15)9-10-21-19-13-22-25-20(24-19)23-17-12-16(27-2)7-8-18(17)28-3/h4-8,11-13H,9-10H2,1-3H3,(H2,21,23,24,25). The van der Waals surface area contributed by atoms with Gasteiger partial charge in [-0.05, 0) is 36.2 Å². The first-order valence-electron chi connectivity index (χ1n) is 8.77. The summed E-state index contributed by atoms with van der Waals surface area (Å²) in [5, 5.41) is 14.4. The van der Waals surface area contributed by atoms with Crippen LogP contribution in [-0.2, 0) is 6.42 Å². The first kappa shape index (κ1) is 19.2. The average molecular weight is 381 g/mol. The summed E-state index contributed by atoms with van der Waals surface area (Å²) in [6.45, 7) is 0.702. The van der Waals surface area contributed by atoms with Gasteiger partial charge in [-0.1, -0.05) is 12.1 Å². The molecule has 8 heteroatoms. The summed E-state index contributed by atoms with van der Waals surface area (Å²) in [4.78, 5) is 4.45. The quantitative estimate of drug-likeness (QED) is 0.583. The molecule has 3 rings (SSSR count). The summed E-state index contributed by atoms with van der Waals surface area (Å²) in [6, 6.07) is 13.4. The first-order valence-corrected chi connectivity index (χ1v) is 8.77. The number of rotatable bonds is 9. The molecule has 0 saturated carbocycles. The van der Waals surface area contributed by atoms with Crippen molar-refractivity contribution in [2.75, 3.05) is 38.5 Å². The molecule has 0 aliphatic carbocycles. The van der Waals surface area contributed by atoms with E-state index in [0.29, 0.717) is 35.5 Å². The zero-order valence-electron chi connectivity index (χ0n) is 16.1. The molecular formula is C20H23N5O3. The summed E-state index contributed by atoms with van der Waals surface area (Å²) in [5.41, 5.74) is 1.87. The molecule has 3 aromatic rings. The lowest BCUT2D eigenvalue weighted by molar-refractivity contribution is 0.405. The van der Waals surface area contributed by atoms with E-state index in [1.54, 1.807) is 27.5 Å². The second kappa shape index (κ2) is 9.40. The van der Waals surface area contributed by atoms with Gasteiger partial charge in [-0.25, -0.2) is 0 Å². The molecule has 0 unspecified atom stereocenters. The summed E-state index contributed by atoms with van der Waals surface area (Å²) >= 11 is 0. The van der Waals surface area contributed by atoms with Crippen molar-refractivity contribution >= 4 is 17.5 Å². The van der Waals surface area contributed by atoms with Gasteiger partial charge in [-0.15, -0.1) is 5.10 Å². The smallest absolute Gasteiger partial charge is 0.249 e. The van der Waals surface area contributed by atoms with E-state index in [0.717, 1.165) is 12.2 Å². The minimum absolute atomic E-state index is 0.359. The van der Waals surface area contributed by atoms with Crippen LogP contribution in [0.2, 0.25) is 0 Å². The number of nitrogens with zero attached hydrogens (tertiary/aromatic N) is 3. The SMILES string of the molecule is COc1cccc(CCNc2cnnc(Nc3cc(OC)ccc3OC)n2)c1. The fourth-order valence-electron chi connectivity index (χ4n) is 2.64. The maximum atomic E-state index is 5.36. The lowest BCUT2D eigenvalue weighted by Crippen LogP contribution is -2.09. The number of anilines is 3.